The van der Waals surface area contributed by atoms with Gasteiger partial charge in [0.05, 0.1) is 22.5 Å². The summed E-state index contributed by atoms with van der Waals surface area (Å²) < 4.78 is 68.0. The zero-order valence-electron chi connectivity index (χ0n) is 11.4. The molecule has 0 saturated carbocycles. The summed E-state index contributed by atoms with van der Waals surface area (Å²) in [4.78, 5) is 3.78. The van der Waals surface area contributed by atoms with E-state index in [1.165, 1.54) is 18.5 Å². The molecule has 1 N–H and O–H groups in total. The molecule has 0 radical (unpaired) electrons. The van der Waals surface area contributed by atoms with E-state index in [1.54, 1.807) is 0 Å². The highest BCUT2D eigenvalue weighted by molar-refractivity contribution is 6.30. The average Bonchev–Trinajstić information content (AvgIpc) is 2.83. The number of pyridine rings is 1. The first-order chi connectivity index (χ1) is 10.6. The van der Waals surface area contributed by atoms with Crippen LogP contribution in [-0.4, -0.2) is 20.6 Å². The Bertz CT molecular complexity index is 756. The van der Waals surface area contributed by atoms with E-state index in [4.69, 9.17) is 11.6 Å². The average molecular weight is 353 g/mol. The second-order valence-corrected chi connectivity index (χ2v) is 5.73. The van der Waals surface area contributed by atoms with Gasteiger partial charge in [-0.3, -0.25) is 4.98 Å². The van der Waals surface area contributed by atoms with Gasteiger partial charge < -0.3 is 9.67 Å². The van der Waals surface area contributed by atoms with Crippen molar-refractivity contribution in [3.63, 3.8) is 0 Å². The molecule has 3 rings (SSSR count). The lowest BCUT2D eigenvalue weighted by molar-refractivity contribution is -0.147. The van der Waals surface area contributed by atoms with E-state index in [0.29, 0.717) is 6.20 Å². The van der Waals surface area contributed by atoms with Crippen LogP contribution in [0, 0.1) is 0 Å². The molecule has 23 heavy (non-hydrogen) atoms. The van der Waals surface area contributed by atoms with Crippen LogP contribution in [0.1, 0.15) is 29.3 Å². The minimum atomic E-state index is -4.87. The first-order valence-corrected chi connectivity index (χ1v) is 6.97. The SMILES string of the molecule is OC1c2c(C(F)(F)F)cn(-c3cncc(Cl)c3)c2CCC1(F)F. The molecule has 0 aromatic carbocycles. The summed E-state index contributed by atoms with van der Waals surface area (Å²) in [6, 6.07) is 1.37. The number of halogens is 6. The van der Waals surface area contributed by atoms with Gasteiger partial charge in [-0.05, 0) is 12.5 Å². The monoisotopic (exact) mass is 352 g/mol. The Morgan fingerprint density at radius 3 is 2.61 bits per heavy atom. The van der Waals surface area contributed by atoms with E-state index in [1.807, 2.05) is 0 Å². The molecule has 2 heterocycles. The van der Waals surface area contributed by atoms with Crippen molar-refractivity contribution < 1.29 is 27.1 Å². The molecular weight excluding hydrogens is 343 g/mol. The highest BCUT2D eigenvalue weighted by Gasteiger charge is 2.50. The van der Waals surface area contributed by atoms with Crippen LogP contribution >= 0.6 is 11.6 Å². The predicted molar refractivity (Wildman–Crippen MR) is 71.8 cm³/mol. The van der Waals surface area contributed by atoms with Crippen LogP contribution in [0.4, 0.5) is 22.0 Å². The summed E-state index contributed by atoms with van der Waals surface area (Å²) >= 11 is 5.78. The summed E-state index contributed by atoms with van der Waals surface area (Å²) in [7, 11) is 0. The van der Waals surface area contributed by atoms with Crippen molar-refractivity contribution in [2.75, 3.05) is 0 Å². The Labute approximate surface area is 132 Å². The number of alkyl halides is 5. The minimum absolute atomic E-state index is 0.0141. The fourth-order valence-electron chi connectivity index (χ4n) is 2.74. The highest BCUT2D eigenvalue weighted by atomic mass is 35.5. The molecule has 1 unspecified atom stereocenters. The molecule has 0 saturated heterocycles. The number of hydrogen-bond acceptors (Lipinski definition) is 2. The minimum Gasteiger partial charge on any atom is -0.382 e. The summed E-state index contributed by atoms with van der Waals surface area (Å²) in [5.41, 5.74) is -1.87. The zero-order chi connectivity index (χ0) is 17.0. The number of aliphatic hydroxyl groups excluding tert-OH is 1. The van der Waals surface area contributed by atoms with Crippen molar-refractivity contribution in [3.8, 4) is 5.69 Å². The standard InChI is InChI=1S/C14H10ClF5N2O/c15-7-3-8(5-21-4-7)22-6-9(14(18,19)20)11-10(22)1-2-13(16,17)12(11)23/h3-6,12,23H,1-2H2. The maximum Gasteiger partial charge on any atom is 0.418 e. The third kappa shape index (κ3) is 2.70. The summed E-state index contributed by atoms with van der Waals surface area (Å²) in [5, 5.41) is 9.94. The molecule has 0 bridgehead atoms. The number of aromatic nitrogens is 2. The van der Waals surface area contributed by atoms with Crippen LogP contribution in [0.2, 0.25) is 5.02 Å². The topological polar surface area (TPSA) is 38.0 Å². The lowest BCUT2D eigenvalue weighted by atomic mass is 9.89. The van der Waals surface area contributed by atoms with Crippen molar-refractivity contribution in [2.24, 2.45) is 0 Å². The Balaban J connectivity index is 2.25. The van der Waals surface area contributed by atoms with Crippen LogP contribution in [-0.2, 0) is 12.6 Å². The molecule has 0 aliphatic heterocycles. The molecule has 1 aliphatic rings. The molecular formula is C14H10ClF5N2O. The van der Waals surface area contributed by atoms with Gasteiger partial charge >= 0.3 is 6.18 Å². The summed E-state index contributed by atoms with van der Waals surface area (Å²) in [5.74, 6) is -3.61. The van der Waals surface area contributed by atoms with Crippen LogP contribution < -0.4 is 0 Å². The quantitative estimate of drug-likeness (QED) is 0.783. The van der Waals surface area contributed by atoms with E-state index in [-0.39, 0.29) is 22.8 Å². The van der Waals surface area contributed by atoms with Crippen molar-refractivity contribution in [3.05, 3.63) is 46.5 Å². The Hall–Kier alpha value is -1.67. The van der Waals surface area contributed by atoms with E-state index in [9.17, 15) is 27.1 Å². The van der Waals surface area contributed by atoms with Gasteiger partial charge in [0.25, 0.3) is 5.92 Å². The molecule has 2 aromatic rings. The van der Waals surface area contributed by atoms with Gasteiger partial charge in [-0.2, -0.15) is 13.2 Å². The van der Waals surface area contributed by atoms with E-state index in [0.717, 1.165) is 4.57 Å². The molecule has 0 spiro atoms. The van der Waals surface area contributed by atoms with Crippen molar-refractivity contribution in [1.82, 2.24) is 9.55 Å². The van der Waals surface area contributed by atoms with Crippen LogP contribution in [0.3, 0.4) is 0 Å². The zero-order valence-corrected chi connectivity index (χ0v) is 12.2. The number of fused-ring (bicyclic) bond motifs is 1. The third-order valence-electron chi connectivity index (χ3n) is 3.79. The summed E-state index contributed by atoms with van der Waals surface area (Å²) in [6.45, 7) is 0. The smallest absolute Gasteiger partial charge is 0.382 e. The molecule has 3 nitrogen and oxygen atoms in total. The highest BCUT2D eigenvalue weighted by Crippen LogP contribution is 2.48. The van der Waals surface area contributed by atoms with Gasteiger partial charge in [0.15, 0.2) is 0 Å². The van der Waals surface area contributed by atoms with Crippen LogP contribution in [0.5, 0.6) is 0 Å². The molecule has 124 valence electrons. The number of rotatable bonds is 1. The Morgan fingerprint density at radius 1 is 1.30 bits per heavy atom. The lowest BCUT2D eigenvalue weighted by Gasteiger charge is -2.29. The number of aliphatic hydroxyl groups is 1. The molecule has 0 amide bonds. The van der Waals surface area contributed by atoms with Crippen molar-refractivity contribution in [1.29, 1.82) is 0 Å². The first kappa shape index (κ1) is 16.2. The predicted octanol–water partition coefficient (Wildman–Crippen LogP) is 4.16. The van der Waals surface area contributed by atoms with Gasteiger partial charge in [-0.15, -0.1) is 0 Å². The Morgan fingerprint density at radius 2 is 2.00 bits per heavy atom. The van der Waals surface area contributed by atoms with Gasteiger partial charge in [0.2, 0.25) is 0 Å². The summed E-state index contributed by atoms with van der Waals surface area (Å²) in [6.07, 6.45) is -5.15. The lowest BCUT2D eigenvalue weighted by Crippen LogP contribution is -2.33. The molecule has 2 aromatic heterocycles. The second-order valence-electron chi connectivity index (χ2n) is 5.30. The maximum absolute atomic E-state index is 13.7. The van der Waals surface area contributed by atoms with Crippen LogP contribution in [0.15, 0.2) is 24.7 Å². The van der Waals surface area contributed by atoms with Gasteiger partial charge in [0, 0.05) is 30.1 Å². The second kappa shape index (κ2) is 5.17. The van der Waals surface area contributed by atoms with E-state index >= 15 is 0 Å². The van der Waals surface area contributed by atoms with Gasteiger partial charge in [-0.25, -0.2) is 8.78 Å². The normalized spacial score (nSPS) is 20.4. The van der Waals surface area contributed by atoms with Crippen molar-refractivity contribution in [2.45, 2.75) is 31.0 Å². The molecule has 1 atom stereocenters. The first-order valence-electron chi connectivity index (χ1n) is 6.59. The molecule has 1 aliphatic carbocycles. The van der Waals surface area contributed by atoms with Crippen LogP contribution in [0.25, 0.3) is 5.69 Å². The Kier molecular flexibility index (Phi) is 3.64. The third-order valence-corrected chi connectivity index (χ3v) is 4.00. The largest absolute Gasteiger partial charge is 0.418 e. The van der Waals surface area contributed by atoms with Crippen molar-refractivity contribution >= 4 is 11.6 Å². The fraction of sp³-hybridized carbons (Fsp3) is 0.357. The number of hydrogen-bond donors (Lipinski definition) is 1. The van der Waals surface area contributed by atoms with Gasteiger partial charge in [-0.1, -0.05) is 11.6 Å². The molecule has 0 fully saturated rings. The molecule has 9 heteroatoms. The number of nitrogens with zero attached hydrogens (tertiary/aromatic N) is 2. The van der Waals surface area contributed by atoms with Gasteiger partial charge in [0.1, 0.15) is 6.10 Å². The van der Waals surface area contributed by atoms with E-state index in [2.05, 4.69) is 4.98 Å². The maximum atomic E-state index is 13.7. The van der Waals surface area contributed by atoms with E-state index < -0.39 is 35.8 Å². The fourth-order valence-corrected chi connectivity index (χ4v) is 2.91.